The van der Waals surface area contributed by atoms with Crippen molar-refractivity contribution in [3.63, 3.8) is 0 Å². The normalized spacial score (nSPS) is 21.8. The summed E-state index contributed by atoms with van der Waals surface area (Å²) < 4.78 is 25.9. The van der Waals surface area contributed by atoms with Gasteiger partial charge in [-0.3, -0.25) is 0 Å². The summed E-state index contributed by atoms with van der Waals surface area (Å²) in [6.45, 7) is 1.59. The van der Waals surface area contributed by atoms with E-state index in [1.165, 1.54) is 6.92 Å². The van der Waals surface area contributed by atoms with Crippen LogP contribution in [-0.4, -0.2) is 32.1 Å². The van der Waals surface area contributed by atoms with Crippen LogP contribution in [0.5, 0.6) is 0 Å². The van der Waals surface area contributed by atoms with E-state index in [-0.39, 0.29) is 19.0 Å². The lowest BCUT2D eigenvalue weighted by molar-refractivity contribution is 0.0116. The van der Waals surface area contributed by atoms with E-state index in [1.54, 1.807) is 6.07 Å². The van der Waals surface area contributed by atoms with Crippen molar-refractivity contribution in [2.75, 3.05) is 19.0 Å². The van der Waals surface area contributed by atoms with Crippen LogP contribution in [-0.2, 0) is 14.6 Å². The van der Waals surface area contributed by atoms with Crippen LogP contribution in [0.25, 0.3) is 0 Å². The average Bonchev–Trinajstić information content (AvgIpc) is 1.86. The Morgan fingerprint density at radius 3 is 2.27 bits per heavy atom. The second-order valence-corrected chi connectivity index (χ2v) is 5.09. The van der Waals surface area contributed by atoms with Gasteiger partial charge in [0.1, 0.15) is 0 Å². The van der Waals surface area contributed by atoms with E-state index < -0.39 is 14.6 Å². The Kier molecular flexibility index (Phi) is 1.90. The summed E-state index contributed by atoms with van der Waals surface area (Å²) in [4.78, 5) is 0. The molecule has 0 amide bonds. The fraction of sp³-hybridized carbons (Fsp3) is 0.833. The molecule has 4 nitrogen and oxygen atoms in total. The van der Waals surface area contributed by atoms with Crippen LogP contribution >= 0.6 is 0 Å². The third kappa shape index (κ3) is 1.03. The van der Waals surface area contributed by atoms with E-state index in [4.69, 9.17) is 10.00 Å². The second-order valence-electron chi connectivity index (χ2n) is 2.50. The summed E-state index contributed by atoms with van der Waals surface area (Å²) in [5, 5.41) is 8.59. The lowest BCUT2D eigenvalue weighted by Gasteiger charge is -2.33. The Morgan fingerprint density at radius 1 is 1.64 bits per heavy atom. The minimum absolute atomic E-state index is 0.00389. The molecule has 1 rings (SSSR count). The maximum Gasteiger partial charge on any atom is 0.204 e. The Balaban J connectivity index is 2.98. The number of nitriles is 1. The predicted molar refractivity (Wildman–Crippen MR) is 38.6 cm³/mol. The van der Waals surface area contributed by atoms with Crippen molar-refractivity contribution in [2.45, 2.75) is 11.7 Å². The molecule has 5 heteroatoms. The van der Waals surface area contributed by atoms with Crippen molar-refractivity contribution in [3.05, 3.63) is 0 Å². The smallest absolute Gasteiger partial charge is 0.204 e. The molecule has 0 aliphatic carbocycles. The molecule has 0 atom stereocenters. The molecule has 0 radical (unpaired) electrons. The van der Waals surface area contributed by atoms with Gasteiger partial charge >= 0.3 is 0 Å². The summed E-state index contributed by atoms with van der Waals surface area (Å²) in [6.07, 6.45) is 0. The molecular weight excluding hydrogens is 166 g/mol. The quantitative estimate of drug-likeness (QED) is 0.578. The first-order valence-electron chi connectivity index (χ1n) is 3.29. The molecule has 11 heavy (non-hydrogen) atoms. The zero-order valence-electron chi connectivity index (χ0n) is 6.20. The zero-order chi connectivity index (χ0) is 8.54. The van der Waals surface area contributed by atoms with E-state index >= 15 is 0 Å². The van der Waals surface area contributed by atoms with Gasteiger partial charge in [-0.25, -0.2) is 8.42 Å². The molecule has 0 saturated carbocycles. The maximum absolute atomic E-state index is 11.2. The number of ether oxygens (including phenoxy) is 1. The van der Waals surface area contributed by atoms with Gasteiger partial charge in [-0.1, -0.05) is 6.92 Å². The van der Waals surface area contributed by atoms with Gasteiger partial charge in [-0.05, 0) is 0 Å². The van der Waals surface area contributed by atoms with E-state index in [2.05, 4.69) is 0 Å². The minimum atomic E-state index is -3.26. The monoisotopic (exact) mass is 175 g/mol. The minimum Gasteiger partial charge on any atom is -0.376 e. The Hall–Kier alpha value is -0.600. The highest BCUT2D eigenvalue weighted by Gasteiger charge is 2.50. The number of rotatable bonds is 2. The highest BCUT2D eigenvalue weighted by atomic mass is 32.2. The molecule has 0 unspecified atom stereocenters. The Labute approximate surface area is 65.7 Å². The SMILES string of the molecule is CCS(=O)(=O)C1(C#N)COC1. The first-order valence-corrected chi connectivity index (χ1v) is 4.94. The van der Waals surface area contributed by atoms with Crippen LogP contribution in [0.1, 0.15) is 6.92 Å². The first kappa shape index (κ1) is 8.50. The molecule has 62 valence electrons. The highest BCUT2D eigenvalue weighted by molar-refractivity contribution is 7.93. The average molecular weight is 175 g/mol. The van der Waals surface area contributed by atoms with Gasteiger partial charge < -0.3 is 4.74 Å². The van der Waals surface area contributed by atoms with E-state index in [9.17, 15) is 8.42 Å². The van der Waals surface area contributed by atoms with Gasteiger partial charge in [0.2, 0.25) is 4.75 Å². The molecule has 1 aliphatic heterocycles. The molecule has 0 bridgehead atoms. The number of nitrogens with zero attached hydrogens (tertiary/aromatic N) is 1. The van der Waals surface area contributed by atoms with Gasteiger partial charge in [0.25, 0.3) is 0 Å². The van der Waals surface area contributed by atoms with Gasteiger partial charge in [-0.15, -0.1) is 0 Å². The summed E-state index contributed by atoms with van der Waals surface area (Å²) in [6, 6.07) is 1.79. The number of hydrogen-bond acceptors (Lipinski definition) is 4. The molecule has 0 aromatic carbocycles. The summed E-state index contributed by atoms with van der Waals surface area (Å²) >= 11 is 0. The first-order chi connectivity index (χ1) is 5.08. The van der Waals surface area contributed by atoms with Crippen LogP contribution in [0.4, 0.5) is 0 Å². The molecule has 1 saturated heterocycles. The van der Waals surface area contributed by atoms with Gasteiger partial charge in [0.15, 0.2) is 9.84 Å². The van der Waals surface area contributed by atoms with Crippen molar-refractivity contribution in [1.82, 2.24) is 0 Å². The van der Waals surface area contributed by atoms with Gasteiger partial charge in [-0.2, -0.15) is 5.26 Å². The summed E-state index contributed by atoms with van der Waals surface area (Å²) in [7, 11) is -3.26. The van der Waals surface area contributed by atoms with Gasteiger partial charge in [0.05, 0.1) is 19.3 Å². The van der Waals surface area contributed by atoms with Crippen molar-refractivity contribution in [3.8, 4) is 6.07 Å². The number of sulfone groups is 1. The van der Waals surface area contributed by atoms with Crippen molar-refractivity contribution < 1.29 is 13.2 Å². The summed E-state index contributed by atoms with van der Waals surface area (Å²) in [5.74, 6) is 0.00389. The van der Waals surface area contributed by atoms with Crippen LogP contribution in [0, 0.1) is 11.3 Å². The van der Waals surface area contributed by atoms with Crippen LogP contribution in [0.2, 0.25) is 0 Å². The lowest BCUT2D eigenvalue weighted by Crippen LogP contribution is -2.55. The van der Waals surface area contributed by atoms with E-state index in [0.717, 1.165) is 0 Å². The molecule has 0 aromatic heterocycles. The lowest BCUT2D eigenvalue weighted by atomic mass is 10.1. The topological polar surface area (TPSA) is 67.2 Å². The van der Waals surface area contributed by atoms with Crippen LogP contribution < -0.4 is 0 Å². The fourth-order valence-corrected chi connectivity index (χ4v) is 2.09. The fourth-order valence-electron chi connectivity index (χ4n) is 0.877. The molecule has 1 heterocycles. The van der Waals surface area contributed by atoms with E-state index in [0.29, 0.717) is 0 Å². The number of hydrogen-bond donors (Lipinski definition) is 0. The standard InChI is InChI=1S/C6H9NO3S/c1-2-11(8,9)6(3-7)4-10-5-6/h2,4-5H2,1H3. The van der Waals surface area contributed by atoms with Crippen LogP contribution in [0.3, 0.4) is 0 Å². The maximum atomic E-state index is 11.2. The molecule has 1 aliphatic rings. The predicted octanol–water partition coefficient (Wildman–Crippen LogP) is -0.286. The Morgan fingerprint density at radius 2 is 2.18 bits per heavy atom. The van der Waals surface area contributed by atoms with Crippen molar-refractivity contribution >= 4 is 9.84 Å². The third-order valence-corrected chi connectivity index (χ3v) is 4.13. The molecular formula is C6H9NO3S. The zero-order valence-corrected chi connectivity index (χ0v) is 7.02. The molecule has 0 aromatic rings. The highest BCUT2D eigenvalue weighted by Crippen LogP contribution is 2.26. The van der Waals surface area contributed by atoms with Crippen molar-refractivity contribution in [2.24, 2.45) is 0 Å². The van der Waals surface area contributed by atoms with Crippen molar-refractivity contribution in [1.29, 1.82) is 5.26 Å². The summed E-state index contributed by atoms with van der Waals surface area (Å²) in [5.41, 5.74) is 0. The molecule has 0 spiro atoms. The largest absolute Gasteiger partial charge is 0.376 e. The molecule has 1 fully saturated rings. The third-order valence-electron chi connectivity index (χ3n) is 1.85. The van der Waals surface area contributed by atoms with Gasteiger partial charge in [0, 0.05) is 5.75 Å². The second kappa shape index (κ2) is 2.47. The molecule has 0 N–H and O–H groups in total. The Bertz CT molecular complexity index is 283. The van der Waals surface area contributed by atoms with E-state index in [1.807, 2.05) is 0 Å². The van der Waals surface area contributed by atoms with Crippen LogP contribution in [0.15, 0.2) is 0 Å².